The fraction of sp³-hybridized carbons (Fsp3) is 0.407. The minimum Gasteiger partial charge on any atom is -0.507 e. The van der Waals surface area contributed by atoms with Gasteiger partial charge in [-0.3, -0.25) is 9.89 Å². The number of unbranched alkanes of at least 4 members (excludes halogenated alkanes) is 3. The molecule has 180 valence electrons. The fourth-order valence-electron chi connectivity index (χ4n) is 4.45. The molecule has 0 fully saturated rings. The molecule has 2 heterocycles. The van der Waals surface area contributed by atoms with Crippen LogP contribution in [0.3, 0.4) is 0 Å². The van der Waals surface area contributed by atoms with Gasteiger partial charge in [0.15, 0.2) is 0 Å². The van der Waals surface area contributed by atoms with Gasteiger partial charge >= 0.3 is 0 Å². The third-order valence-electron chi connectivity index (χ3n) is 6.36. The summed E-state index contributed by atoms with van der Waals surface area (Å²) < 4.78 is 5.83. The maximum Gasteiger partial charge on any atom is 0.273 e. The van der Waals surface area contributed by atoms with E-state index in [0.29, 0.717) is 35.1 Å². The van der Waals surface area contributed by atoms with Crippen LogP contribution in [0.5, 0.6) is 11.5 Å². The molecule has 2 N–H and O–H groups in total. The first-order chi connectivity index (χ1) is 16.5. The summed E-state index contributed by atoms with van der Waals surface area (Å²) in [6, 6.07) is 11.0. The molecule has 7 heteroatoms. The van der Waals surface area contributed by atoms with Crippen molar-refractivity contribution in [2.75, 3.05) is 13.2 Å². The number of aromatic hydroxyl groups is 1. The van der Waals surface area contributed by atoms with Crippen LogP contribution in [0.15, 0.2) is 36.4 Å². The summed E-state index contributed by atoms with van der Waals surface area (Å²) in [4.78, 5) is 15.3. The molecule has 1 aliphatic rings. The highest BCUT2D eigenvalue weighted by atomic mass is 35.5. The van der Waals surface area contributed by atoms with Crippen molar-refractivity contribution in [3.63, 3.8) is 0 Å². The van der Waals surface area contributed by atoms with Crippen molar-refractivity contribution >= 4 is 17.5 Å². The van der Waals surface area contributed by atoms with Crippen LogP contribution < -0.4 is 4.74 Å². The van der Waals surface area contributed by atoms with Crippen molar-refractivity contribution in [2.24, 2.45) is 0 Å². The van der Waals surface area contributed by atoms with Crippen molar-refractivity contribution in [1.82, 2.24) is 15.1 Å². The molecule has 3 aromatic rings. The number of rotatable bonds is 10. The van der Waals surface area contributed by atoms with Gasteiger partial charge in [-0.05, 0) is 55.2 Å². The summed E-state index contributed by atoms with van der Waals surface area (Å²) in [6.45, 7) is 7.45. The molecule has 1 atom stereocenters. The molecule has 0 spiro atoms. The van der Waals surface area contributed by atoms with E-state index in [9.17, 15) is 9.90 Å². The Morgan fingerprint density at radius 1 is 1.12 bits per heavy atom. The second-order valence-corrected chi connectivity index (χ2v) is 9.27. The van der Waals surface area contributed by atoms with E-state index in [-0.39, 0.29) is 17.7 Å². The number of halogens is 1. The summed E-state index contributed by atoms with van der Waals surface area (Å²) >= 11 is 6.38. The van der Waals surface area contributed by atoms with E-state index in [0.717, 1.165) is 54.5 Å². The first kappa shape index (κ1) is 24.1. The van der Waals surface area contributed by atoms with Crippen LogP contribution in [-0.2, 0) is 0 Å². The van der Waals surface area contributed by atoms with Gasteiger partial charge < -0.3 is 14.7 Å². The summed E-state index contributed by atoms with van der Waals surface area (Å²) in [6.07, 6.45) is 5.13. The number of fused-ring (bicyclic) bond motifs is 1. The smallest absolute Gasteiger partial charge is 0.273 e. The number of carbonyl (C=O) groups is 1. The van der Waals surface area contributed by atoms with Gasteiger partial charge in [0.05, 0.1) is 12.6 Å². The van der Waals surface area contributed by atoms with E-state index in [1.807, 2.05) is 36.1 Å². The Morgan fingerprint density at radius 2 is 1.85 bits per heavy atom. The van der Waals surface area contributed by atoms with Gasteiger partial charge in [0.1, 0.15) is 22.9 Å². The first-order valence-electron chi connectivity index (χ1n) is 12.1. The number of phenols is 1. The molecule has 0 saturated heterocycles. The predicted octanol–water partition coefficient (Wildman–Crippen LogP) is 6.66. The molecular formula is C27H32ClN3O3. The van der Waals surface area contributed by atoms with Gasteiger partial charge in [0, 0.05) is 22.7 Å². The Kier molecular flexibility index (Phi) is 7.47. The van der Waals surface area contributed by atoms with Gasteiger partial charge in [0.2, 0.25) is 0 Å². The number of carbonyl (C=O) groups excluding carboxylic acids is 1. The highest BCUT2D eigenvalue weighted by Crippen LogP contribution is 2.45. The van der Waals surface area contributed by atoms with Crippen LogP contribution in [0, 0.1) is 6.92 Å². The Hall–Kier alpha value is -2.99. The summed E-state index contributed by atoms with van der Waals surface area (Å²) in [7, 11) is 0. The second kappa shape index (κ2) is 10.5. The maximum atomic E-state index is 13.4. The zero-order valence-corrected chi connectivity index (χ0v) is 20.8. The molecule has 0 aliphatic carbocycles. The predicted molar refractivity (Wildman–Crippen MR) is 135 cm³/mol. The zero-order chi connectivity index (χ0) is 24.2. The van der Waals surface area contributed by atoms with Gasteiger partial charge in [-0.1, -0.05) is 56.8 Å². The average Bonchev–Trinajstić information content (AvgIpc) is 3.36. The number of hydrogen-bond donors (Lipinski definition) is 2. The Labute approximate surface area is 205 Å². The van der Waals surface area contributed by atoms with Gasteiger partial charge in [0.25, 0.3) is 5.91 Å². The lowest BCUT2D eigenvalue weighted by atomic mass is 9.95. The standard InChI is InChI=1S/C27H32ClN3O3/c1-4-6-8-13-31-26(18-9-11-19(12-10-18)34-14-7-5-2)23-24(29-30-25(23)27(31)33)20-16-21(28)17(3)15-22(20)32/h9-12,15-16,26,32H,4-8,13-14H2,1-3H3,(H,29,30). The van der Waals surface area contributed by atoms with E-state index in [1.54, 1.807) is 12.1 Å². The summed E-state index contributed by atoms with van der Waals surface area (Å²) in [5, 5.41) is 18.6. The third-order valence-corrected chi connectivity index (χ3v) is 6.77. The zero-order valence-electron chi connectivity index (χ0n) is 20.0. The van der Waals surface area contributed by atoms with E-state index >= 15 is 0 Å². The number of phenolic OH excluding ortho intramolecular Hbond substituents is 1. The van der Waals surface area contributed by atoms with Crippen molar-refractivity contribution in [2.45, 2.75) is 58.9 Å². The second-order valence-electron chi connectivity index (χ2n) is 8.86. The average molecular weight is 482 g/mol. The lowest BCUT2D eigenvalue weighted by Gasteiger charge is -2.26. The molecule has 34 heavy (non-hydrogen) atoms. The molecule has 0 saturated carbocycles. The number of ether oxygens (including phenoxy) is 1. The largest absolute Gasteiger partial charge is 0.507 e. The van der Waals surface area contributed by atoms with Crippen molar-refractivity contribution in [3.8, 4) is 22.8 Å². The Morgan fingerprint density at radius 3 is 2.56 bits per heavy atom. The number of aromatic nitrogens is 2. The minimum absolute atomic E-state index is 0.0733. The van der Waals surface area contributed by atoms with Gasteiger partial charge in [-0.25, -0.2) is 0 Å². The van der Waals surface area contributed by atoms with Crippen LogP contribution in [0.1, 0.15) is 79.2 Å². The van der Waals surface area contributed by atoms with E-state index < -0.39 is 0 Å². The molecule has 1 amide bonds. The molecule has 0 bridgehead atoms. The van der Waals surface area contributed by atoms with Crippen LogP contribution in [0.25, 0.3) is 11.3 Å². The number of nitrogens with zero attached hydrogens (tertiary/aromatic N) is 2. The number of aromatic amines is 1. The molecular weight excluding hydrogens is 450 g/mol. The van der Waals surface area contributed by atoms with Crippen molar-refractivity contribution in [3.05, 3.63) is 63.8 Å². The molecule has 6 nitrogen and oxygen atoms in total. The first-order valence-corrected chi connectivity index (χ1v) is 12.5. The number of nitrogens with one attached hydrogen (secondary N) is 1. The number of benzene rings is 2. The number of hydrogen-bond acceptors (Lipinski definition) is 4. The van der Waals surface area contributed by atoms with Crippen LogP contribution in [0.4, 0.5) is 0 Å². The maximum absolute atomic E-state index is 13.4. The van der Waals surface area contributed by atoms with Crippen LogP contribution in [-0.4, -0.2) is 39.3 Å². The molecule has 4 rings (SSSR count). The Bertz CT molecular complexity index is 1160. The quantitative estimate of drug-likeness (QED) is 0.317. The molecule has 0 radical (unpaired) electrons. The van der Waals surface area contributed by atoms with Crippen molar-refractivity contribution < 1.29 is 14.6 Å². The van der Waals surface area contributed by atoms with Crippen molar-refractivity contribution in [1.29, 1.82) is 0 Å². The topological polar surface area (TPSA) is 78.5 Å². The number of H-pyrrole nitrogens is 1. The lowest BCUT2D eigenvalue weighted by molar-refractivity contribution is 0.0740. The molecule has 1 aromatic heterocycles. The highest BCUT2D eigenvalue weighted by molar-refractivity contribution is 6.31. The van der Waals surface area contributed by atoms with E-state index in [4.69, 9.17) is 16.3 Å². The minimum atomic E-state index is -0.308. The lowest BCUT2D eigenvalue weighted by Crippen LogP contribution is -2.30. The van der Waals surface area contributed by atoms with E-state index in [2.05, 4.69) is 24.0 Å². The molecule has 1 unspecified atom stereocenters. The fourth-order valence-corrected chi connectivity index (χ4v) is 4.61. The summed E-state index contributed by atoms with van der Waals surface area (Å²) in [5.41, 5.74) is 4.07. The van der Waals surface area contributed by atoms with Gasteiger partial charge in [-0.15, -0.1) is 0 Å². The van der Waals surface area contributed by atoms with Crippen LogP contribution >= 0.6 is 11.6 Å². The number of aryl methyl sites for hydroxylation is 1. The Balaban J connectivity index is 1.76. The molecule has 2 aromatic carbocycles. The third kappa shape index (κ3) is 4.64. The highest BCUT2D eigenvalue weighted by Gasteiger charge is 2.42. The van der Waals surface area contributed by atoms with E-state index in [1.165, 1.54) is 0 Å². The molecule has 1 aliphatic heterocycles. The normalized spacial score (nSPS) is 15.1. The SMILES string of the molecule is CCCCCN1C(=O)c2[nH]nc(-c3cc(Cl)c(C)cc3O)c2C1c1ccc(OCCCC)cc1. The van der Waals surface area contributed by atoms with Crippen LogP contribution in [0.2, 0.25) is 5.02 Å². The van der Waals surface area contributed by atoms with Gasteiger partial charge in [-0.2, -0.15) is 5.10 Å². The summed E-state index contributed by atoms with van der Waals surface area (Å²) in [5.74, 6) is 0.831. The monoisotopic (exact) mass is 481 g/mol. The number of amides is 1.